The number of rotatable bonds is 5. The molecule has 1 aliphatic carbocycles. The van der Waals surface area contributed by atoms with Gasteiger partial charge in [-0.05, 0) is 32.2 Å². The summed E-state index contributed by atoms with van der Waals surface area (Å²) >= 11 is 0. The molecule has 1 saturated carbocycles. The number of amides is 1. The normalized spacial score (nSPS) is 23.5. The first-order valence-electron chi connectivity index (χ1n) is 8.47. The zero-order valence-electron chi connectivity index (χ0n) is 13.5. The molecule has 1 atom stereocenters. The Bertz CT molecular complexity index is 510. The Morgan fingerprint density at radius 1 is 1.36 bits per heavy atom. The van der Waals surface area contributed by atoms with Gasteiger partial charge in [0.25, 0.3) is 0 Å². The molecule has 2 fully saturated rings. The van der Waals surface area contributed by atoms with Crippen LogP contribution >= 0.6 is 0 Å². The molecule has 2 aliphatic rings. The summed E-state index contributed by atoms with van der Waals surface area (Å²) in [5, 5.41) is 7.22. The van der Waals surface area contributed by atoms with Crippen LogP contribution in [-0.4, -0.2) is 40.1 Å². The zero-order valence-corrected chi connectivity index (χ0v) is 13.5. The third-order valence-corrected chi connectivity index (χ3v) is 4.69. The van der Waals surface area contributed by atoms with Crippen molar-refractivity contribution in [3.05, 3.63) is 11.7 Å². The summed E-state index contributed by atoms with van der Waals surface area (Å²) < 4.78 is 5.32. The third kappa shape index (κ3) is 3.66. The lowest BCUT2D eigenvalue weighted by Crippen LogP contribution is -2.49. The average Bonchev–Trinajstić information content (AvgIpc) is 2.85. The number of likely N-dealkylation sites (tertiary alicyclic amines) is 1. The van der Waals surface area contributed by atoms with Crippen LogP contribution in [0.5, 0.6) is 0 Å². The van der Waals surface area contributed by atoms with Gasteiger partial charge in [-0.15, -0.1) is 0 Å². The second-order valence-corrected chi connectivity index (χ2v) is 6.91. The van der Waals surface area contributed by atoms with E-state index >= 15 is 0 Å². The van der Waals surface area contributed by atoms with Crippen molar-refractivity contribution in [1.29, 1.82) is 0 Å². The fourth-order valence-electron chi connectivity index (χ4n) is 3.06. The van der Waals surface area contributed by atoms with Gasteiger partial charge >= 0.3 is 0 Å². The van der Waals surface area contributed by atoms with Crippen molar-refractivity contribution >= 4 is 5.91 Å². The van der Waals surface area contributed by atoms with E-state index in [1.807, 2.05) is 0 Å². The highest BCUT2D eigenvalue weighted by molar-refractivity contribution is 5.79. The average molecular weight is 306 g/mol. The number of carbonyl (C=O) groups excluding carboxylic acids is 1. The summed E-state index contributed by atoms with van der Waals surface area (Å²) in [5.74, 6) is 2.24. The van der Waals surface area contributed by atoms with Crippen LogP contribution in [0.3, 0.4) is 0 Å². The van der Waals surface area contributed by atoms with Gasteiger partial charge in [-0.25, -0.2) is 0 Å². The monoisotopic (exact) mass is 306 g/mol. The van der Waals surface area contributed by atoms with Gasteiger partial charge in [-0.2, -0.15) is 4.98 Å². The number of nitrogens with zero attached hydrogens (tertiary/aromatic N) is 3. The van der Waals surface area contributed by atoms with Gasteiger partial charge in [0.15, 0.2) is 5.82 Å². The van der Waals surface area contributed by atoms with Gasteiger partial charge in [-0.1, -0.05) is 25.4 Å². The van der Waals surface area contributed by atoms with Crippen LogP contribution in [0.25, 0.3) is 0 Å². The van der Waals surface area contributed by atoms with Crippen LogP contribution in [0.15, 0.2) is 4.52 Å². The highest BCUT2D eigenvalue weighted by Crippen LogP contribution is 2.26. The molecule has 1 aliphatic heterocycles. The smallest absolute Gasteiger partial charge is 0.240 e. The fourth-order valence-corrected chi connectivity index (χ4v) is 3.06. The van der Waals surface area contributed by atoms with Crippen LogP contribution in [-0.2, 0) is 11.3 Å². The first-order valence-corrected chi connectivity index (χ1v) is 8.47. The van der Waals surface area contributed by atoms with E-state index in [0.29, 0.717) is 12.4 Å². The highest BCUT2D eigenvalue weighted by atomic mass is 16.5. The molecule has 1 N–H and O–H groups in total. The number of nitrogens with one attached hydrogen (secondary N) is 1. The van der Waals surface area contributed by atoms with E-state index in [1.54, 1.807) is 0 Å². The molecule has 0 spiro atoms. The zero-order chi connectivity index (χ0) is 15.5. The van der Waals surface area contributed by atoms with E-state index in [4.69, 9.17) is 4.52 Å². The van der Waals surface area contributed by atoms with E-state index in [2.05, 4.69) is 34.2 Å². The maximum absolute atomic E-state index is 12.1. The molecule has 6 nitrogen and oxygen atoms in total. The van der Waals surface area contributed by atoms with Crippen molar-refractivity contribution < 1.29 is 9.32 Å². The van der Waals surface area contributed by atoms with Gasteiger partial charge in [-0.3, -0.25) is 9.69 Å². The van der Waals surface area contributed by atoms with Gasteiger partial charge in [0.2, 0.25) is 11.8 Å². The molecule has 0 bridgehead atoms. The van der Waals surface area contributed by atoms with E-state index < -0.39 is 0 Å². The van der Waals surface area contributed by atoms with Gasteiger partial charge in [0.1, 0.15) is 0 Å². The predicted molar refractivity (Wildman–Crippen MR) is 82.2 cm³/mol. The first-order chi connectivity index (χ1) is 10.6. The molecule has 0 radical (unpaired) electrons. The fraction of sp³-hybridized carbons (Fsp3) is 0.812. The summed E-state index contributed by atoms with van der Waals surface area (Å²) in [6.07, 6.45) is 5.48. The van der Waals surface area contributed by atoms with Crippen molar-refractivity contribution in [1.82, 2.24) is 20.4 Å². The Morgan fingerprint density at radius 2 is 2.18 bits per heavy atom. The number of piperidine rings is 1. The Labute approximate surface area is 131 Å². The van der Waals surface area contributed by atoms with Crippen molar-refractivity contribution in [3.8, 4) is 0 Å². The second-order valence-electron chi connectivity index (χ2n) is 6.91. The summed E-state index contributed by atoms with van der Waals surface area (Å²) in [6, 6.07) is 0.259. The topological polar surface area (TPSA) is 71.3 Å². The third-order valence-electron chi connectivity index (χ3n) is 4.69. The van der Waals surface area contributed by atoms with Crippen molar-refractivity contribution in [2.45, 2.75) is 64.5 Å². The minimum atomic E-state index is 0.248. The number of hydrogen-bond donors (Lipinski definition) is 1. The molecular weight excluding hydrogens is 280 g/mol. The lowest BCUT2D eigenvalue weighted by molar-refractivity contribution is -0.128. The summed E-state index contributed by atoms with van der Waals surface area (Å²) in [7, 11) is 0. The Balaban J connectivity index is 1.50. The largest absolute Gasteiger partial charge is 0.352 e. The van der Waals surface area contributed by atoms with Crippen LogP contribution in [0.4, 0.5) is 0 Å². The summed E-state index contributed by atoms with van der Waals surface area (Å²) in [5.41, 5.74) is 0. The van der Waals surface area contributed by atoms with Crippen LogP contribution < -0.4 is 5.32 Å². The second kappa shape index (κ2) is 6.77. The lowest BCUT2D eigenvalue weighted by Gasteiger charge is -2.34. The number of aromatic nitrogens is 2. The van der Waals surface area contributed by atoms with Crippen molar-refractivity contribution in [2.24, 2.45) is 5.92 Å². The van der Waals surface area contributed by atoms with E-state index in [1.165, 1.54) is 6.42 Å². The molecule has 0 aromatic carbocycles. The molecule has 122 valence electrons. The Morgan fingerprint density at radius 3 is 2.82 bits per heavy atom. The molecule has 1 aromatic heterocycles. The molecule has 1 aromatic rings. The lowest BCUT2D eigenvalue weighted by atomic mass is 9.84. The minimum absolute atomic E-state index is 0.248. The minimum Gasteiger partial charge on any atom is -0.352 e. The van der Waals surface area contributed by atoms with Crippen molar-refractivity contribution in [3.63, 3.8) is 0 Å². The molecule has 2 heterocycles. The molecule has 6 heteroatoms. The quantitative estimate of drug-likeness (QED) is 0.901. The Kier molecular flexibility index (Phi) is 4.76. The van der Waals surface area contributed by atoms with Crippen LogP contribution in [0.1, 0.15) is 63.6 Å². The molecular formula is C16H26N4O2. The highest BCUT2D eigenvalue weighted by Gasteiger charge is 2.29. The summed E-state index contributed by atoms with van der Waals surface area (Å²) in [4.78, 5) is 18.8. The molecule has 3 rings (SSSR count). The van der Waals surface area contributed by atoms with Crippen LogP contribution in [0.2, 0.25) is 0 Å². The van der Waals surface area contributed by atoms with Gasteiger partial charge < -0.3 is 9.84 Å². The molecule has 1 unspecified atom stereocenters. The maximum Gasteiger partial charge on any atom is 0.240 e. The van der Waals surface area contributed by atoms with Gasteiger partial charge in [0.05, 0.1) is 6.54 Å². The van der Waals surface area contributed by atoms with E-state index in [0.717, 1.165) is 44.6 Å². The molecule has 1 saturated heterocycles. The molecule has 1 amide bonds. The van der Waals surface area contributed by atoms with E-state index in [-0.39, 0.29) is 23.8 Å². The maximum atomic E-state index is 12.1. The number of carbonyl (C=O) groups is 1. The SMILES string of the molecule is CC(C)c1noc(CN2CCCC(NC(=O)C3CCC3)C2)n1. The first kappa shape index (κ1) is 15.5. The van der Waals surface area contributed by atoms with Gasteiger partial charge in [0, 0.05) is 24.4 Å². The predicted octanol–water partition coefficient (Wildman–Crippen LogP) is 2.07. The summed E-state index contributed by atoms with van der Waals surface area (Å²) in [6.45, 7) is 6.69. The molecule has 22 heavy (non-hydrogen) atoms. The van der Waals surface area contributed by atoms with E-state index in [9.17, 15) is 4.79 Å². The Hall–Kier alpha value is -1.43. The van der Waals surface area contributed by atoms with Crippen LogP contribution in [0, 0.1) is 5.92 Å². The van der Waals surface area contributed by atoms with Crippen molar-refractivity contribution in [2.75, 3.05) is 13.1 Å². The standard InChI is InChI=1S/C16H26N4O2/c1-11(2)15-18-14(22-19-15)10-20-8-4-7-13(9-20)17-16(21)12-5-3-6-12/h11-13H,3-10H2,1-2H3,(H,17,21). The number of hydrogen-bond acceptors (Lipinski definition) is 5.